The van der Waals surface area contributed by atoms with E-state index in [1.165, 1.54) is 35.6 Å². The average Bonchev–Trinajstić information content (AvgIpc) is 3.72. The number of nitrogens with one attached hydrogen (secondary N) is 2. The van der Waals surface area contributed by atoms with Crippen molar-refractivity contribution in [2.45, 2.75) is 49.5 Å². The van der Waals surface area contributed by atoms with E-state index in [4.69, 9.17) is 14.9 Å². The number of aromatic nitrogens is 5. The van der Waals surface area contributed by atoms with Crippen molar-refractivity contribution in [3.63, 3.8) is 0 Å². The minimum Gasteiger partial charge on any atom is -0.790 e. The predicted octanol–water partition coefficient (Wildman–Crippen LogP) is -6.90. The Morgan fingerprint density at radius 1 is 1.02 bits per heavy atom. The Kier molecular flexibility index (Phi) is 13.7. The lowest BCUT2D eigenvalue weighted by Gasteiger charge is -2.30. The maximum atomic E-state index is 10.8. The van der Waals surface area contributed by atoms with E-state index in [1.54, 1.807) is 12.4 Å². The number of quaternary nitrogens is 2. The van der Waals surface area contributed by atoms with Gasteiger partial charge in [-0.2, -0.15) is 4.57 Å². The number of rotatable bonds is 11. The molecule has 12 N–H and O–H groups in total. The first kappa shape index (κ1) is 36.1. The topological polar surface area (TPSA) is 353 Å². The molecule has 4 heterocycles. The number of carbonyl (C=O) groups excluding carboxylic acids is 1. The van der Waals surface area contributed by atoms with Crippen LogP contribution in [-0.4, -0.2) is 95.3 Å². The van der Waals surface area contributed by atoms with Gasteiger partial charge in [0.05, 0.1) is 51.5 Å². The van der Waals surface area contributed by atoms with Crippen molar-refractivity contribution in [2.24, 2.45) is 0 Å². The monoisotopic (exact) mass is 645 g/mol. The van der Waals surface area contributed by atoms with Crippen LogP contribution in [0, 0.1) is 0 Å². The third-order valence-corrected chi connectivity index (χ3v) is 6.29. The van der Waals surface area contributed by atoms with Gasteiger partial charge in [-0.05, 0) is 6.07 Å². The third-order valence-electron chi connectivity index (χ3n) is 5.83. The molecule has 0 aliphatic carbocycles. The number of carboxylic acids is 3. The first-order valence-electron chi connectivity index (χ1n) is 12.6. The zero-order chi connectivity index (χ0) is 33.0. The van der Waals surface area contributed by atoms with Gasteiger partial charge in [0.2, 0.25) is 0 Å². The molecule has 6 atom stereocenters. The minimum absolute atomic E-state index is 0.184. The quantitative estimate of drug-likeness (QED) is 0.0709. The number of H-pyrrole nitrogens is 2. The molecule has 3 aromatic heterocycles. The maximum Gasteiger partial charge on any atom is 0.362 e. The fourth-order valence-electron chi connectivity index (χ4n) is 3.55. The number of aromatic amines is 2. The molecule has 1 aliphatic heterocycles. The van der Waals surface area contributed by atoms with Crippen molar-refractivity contribution in [1.29, 1.82) is 0 Å². The number of carboxylic acid groups (broad SMARTS) is 3. The molecule has 4 rings (SSSR count). The molecule has 1 saturated heterocycles. The van der Waals surface area contributed by atoms with E-state index in [9.17, 15) is 44.1 Å². The van der Waals surface area contributed by atoms with Crippen LogP contribution in [0.5, 0.6) is 0 Å². The molecule has 21 heteroatoms. The van der Waals surface area contributed by atoms with Gasteiger partial charge < -0.3 is 75.4 Å². The lowest BCUT2D eigenvalue weighted by molar-refractivity contribution is -0.765. The van der Waals surface area contributed by atoms with E-state index in [1.807, 2.05) is 0 Å². The Balaban J connectivity index is 0.000000257. The van der Waals surface area contributed by atoms with Gasteiger partial charge in [0.15, 0.2) is 30.6 Å². The third kappa shape index (κ3) is 11.9. The molecule has 0 unspecified atom stereocenters. The number of carbonyl (C=O) groups is 3. The first-order valence-corrected chi connectivity index (χ1v) is 14.0. The molecular formula is C23H32N7O13P. The van der Waals surface area contributed by atoms with Crippen LogP contribution in [0.1, 0.15) is 28.0 Å². The smallest absolute Gasteiger partial charge is 0.362 e. The second-order valence-electron chi connectivity index (χ2n) is 9.25. The normalized spacial score (nSPS) is 20.8. The van der Waals surface area contributed by atoms with E-state index < -0.39 is 69.0 Å². The van der Waals surface area contributed by atoms with E-state index >= 15 is 0 Å². The number of phosphoric acid groups is 1. The molecule has 0 bridgehead atoms. The summed E-state index contributed by atoms with van der Waals surface area (Å²) in [6.45, 7) is -0.764. The predicted molar refractivity (Wildman–Crippen MR) is 134 cm³/mol. The van der Waals surface area contributed by atoms with Crippen molar-refractivity contribution in [3.05, 3.63) is 66.5 Å². The largest absolute Gasteiger partial charge is 0.790 e. The highest BCUT2D eigenvalue weighted by Gasteiger charge is 2.48. The van der Waals surface area contributed by atoms with Gasteiger partial charge in [-0.3, -0.25) is 0 Å². The highest BCUT2D eigenvalue weighted by Crippen LogP contribution is 2.30. The standard InChI is InChI=1S/C11H14NO9P.2C6H9N3O2/c13-8-7(5-20-22(17,18)19)21-10(9(8)14)12-3-1-2-6(4-12)11(15)16;2*7-5(6(10)11)1-4-2-8-3-9-4/h1-4,7-10,13-14H,5H2,(H2-,15,16,17,18,19);2*2-3,5H,1,7H2,(H,8,9)(H,10,11)/t7-,8-,9-,10-;2*5-/m100/s1. The summed E-state index contributed by atoms with van der Waals surface area (Å²) in [6.07, 6.45) is 4.08. The molecule has 0 saturated carbocycles. The molecule has 0 aromatic carbocycles. The summed E-state index contributed by atoms with van der Waals surface area (Å²) in [5, 5.41) is 47.4. The van der Waals surface area contributed by atoms with Crippen LogP contribution in [0.2, 0.25) is 0 Å². The number of aromatic carboxylic acids is 1. The summed E-state index contributed by atoms with van der Waals surface area (Å²) in [6, 6.07) is 1.42. The Labute approximate surface area is 248 Å². The zero-order valence-electron chi connectivity index (χ0n) is 22.9. The lowest BCUT2D eigenvalue weighted by Crippen LogP contribution is -2.66. The molecule has 0 radical (unpaired) electrons. The second kappa shape index (κ2) is 16.7. The molecule has 1 fully saturated rings. The highest BCUT2D eigenvalue weighted by molar-refractivity contribution is 7.43. The van der Waals surface area contributed by atoms with Gasteiger partial charge >= 0.3 is 11.9 Å². The lowest BCUT2D eigenvalue weighted by atomic mass is 10.1. The number of hydrogen-bond donors (Lipinski definition) is 8. The number of aliphatic hydroxyl groups is 2. The molecule has 20 nitrogen and oxygen atoms in total. The minimum atomic E-state index is -5.24. The Hall–Kier alpha value is -4.11. The van der Waals surface area contributed by atoms with E-state index in [-0.39, 0.29) is 5.56 Å². The molecule has 3 aromatic rings. The summed E-state index contributed by atoms with van der Waals surface area (Å²) >= 11 is 0. The molecule has 1 aliphatic rings. The van der Waals surface area contributed by atoms with Crippen molar-refractivity contribution < 1.29 is 79.6 Å². The first-order chi connectivity index (χ1) is 20.6. The summed E-state index contributed by atoms with van der Waals surface area (Å²) < 4.78 is 20.8. The Bertz CT molecular complexity index is 1330. The van der Waals surface area contributed by atoms with Crippen LogP contribution in [0.25, 0.3) is 0 Å². The van der Waals surface area contributed by atoms with Gasteiger partial charge in [0.25, 0.3) is 6.23 Å². The van der Waals surface area contributed by atoms with Gasteiger partial charge in [0, 0.05) is 29.8 Å². The van der Waals surface area contributed by atoms with Crippen LogP contribution < -0.4 is 30.9 Å². The Morgan fingerprint density at radius 3 is 1.95 bits per heavy atom. The summed E-state index contributed by atoms with van der Waals surface area (Å²) in [7, 11) is -5.24. The van der Waals surface area contributed by atoms with Crippen molar-refractivity contribution in [3.8, 4) is 0 Å². The van der Waals surface area contributed by atoms with Crippen molar-refractivity contribution >= 4 is 25.7 Å². The van der Waals surface area contributed by atoms with Crippen LogP contribution in [0.4, 0.5) is 0 Å². The summed E-state index contributed by atoms with van der Waals surface area (Å²) in [4.78, 5) is 65.4. The number of aliphatic hydroxyl groups excluding tert-OH is 2. The van der Waals surface area contributed by atoms with E-state index in [0.717, 1.165) is 17.6 Å². The van der Waals surface area contributed by atoms with E-state index in [0.29, 0.717) is 12.8 Å². The van der Waals surface area contributed by atoms with Gasteiger partial charge in [-0.15, -0.1) is 0 Å². The summed E-state index contributed by atoms with van der Waals surface area (Å²) in [5.41, 5.74) is 8.34. The second-order valence-corrected chi connectivity index (χ2v) is 10.4. The molecule has 0 amide bonds. The summed E-state index contributed by atoms with van der Waals surface area (Å²) in [5.74, 6) is -3.22. The molecule has 242 valence electrons. The van der Waals surface area contributed by atoms with Gasteiger partial charge in [0.1, 0.15) is 12.2 Å². The van der Waals surface area contributed by atoms with Crippen LogP contribution in [-0.2, 0) is 36.3 Å². The van der Waals surface area contributed by atoms with Crippen molar-refractivity contribution in [2.75, 3.05) is 6.61 Å². The fourth-order valence-corrected chi connectivity index (χ4v) is 3.88. The van der Waals surface area contributed by atoms with E-state index in [2.05, 4.69) is 35.9 Å². The van der Waals surface area contributed by atoms with Crippen LogP contribution >= 0.6 is 7.82 Å². The van der Waals surface area contributed by atoms with Gasteiger partial charge in [-0.1, -0.05) is 0 Å². The molecular weight excluding hydrogens is 613 g/mol. The molecule has 44 heavy (non-hydrogen) atoms. The number of phosphoric ester groups is 1. The van der Waals surface area contributed by atoms with Gasteiger partial charge in [-0.25, -0.2) is 19.6 Å². The number of imidazole rings is 2. The number of pyridine rings is 1. The number of hydrogen-bond acceptors (Lipinski definition) is 13. The average molecular weight is 646 g/mol. The maximum absolute atomic E-state index is 10.8. The number of ether oxygens (including phenoxy) is 1. The Morgan fingerprint density at radius 2 is 1.55 bits per heavy atom. The van der Waals surface area contributed by atoms with Crippen molar-refractivity contribution in [1.82, 2.24) is 19.9 Å². The zero-order valence-corrected chi connectivity index (χ0v) is 23.8. The van der Waals surface area contributed by atoms with Crippen LogP contribution in [0.15, 0.2) is 49.6 Å². The fraction of sp³-hybridized carbons (Fsp3) is 0.391. The number of nitrogens with zero attached hydrogens (tertiary/aromatic N) is 3. The van der Waals surface area contributed by atoms with Crippen LogP contribution in [0.3, 0.4) is 0 Å². The number of aliphatic carboxylic acids is 2. The molecule has 0 spiro atoms. The highest BCUT2D eigenvalue weighted by atomic mass is 31.2. The SMILES string of the molecule is O=C([O-])c1ccc[n+]([C@@H]2O[C@H](COP(=O)([O-])[O-])[C@@H](O)[C@H]2O)c1.[NH3+][C@@H](Cc1cnc[nH]1)C(=O)O.[NH3+][C@@H](Cc1cnc[nH]1)C(=O)O.